The highest BCUT2D eigenvalue weighted by molar-refractivity contribution is 6.32. The van der Waals surface area contributed by atoms with E-state index in [-0.39, 0.29) is 11.8 Å². The molecule has 2 N–H and O–H groups in total. The van der Waals surface area contributed by atoms with Gasteiger partial charge in [-0.3, -0.25) is 9.59 Å². The fourth-order valence-corrected chi connectivity index (χ4v) is 2.86. The number of hydrogen-bond donors (Lipinski definition) is 2. The van der Waals surface area contributed by atoms with Crippen molar-refractivity contribution in [2.24, 2.45) is 5.92 Å². The van der Waals surface area contributed by atoms with Crippen LogP contribution in [0.15, 0.2) is 42.5 Å². The van der Waals surface area contributed by atoms with Gasteiger partial charge in [-0.25, -0.2) is 0 Å². The Morgan fingerprint density at radius 3 is 2.63 bits per heavy atom. The Kier molecular flexibility index (Phi) is 8.74. The van der Waals surface area contributed by atoms with Gasteiger partial charge >= 0.3 is 0 Å². The molecule has 2 amide bonds. The summed E-state index contributed by atoms with van der Waals surface area (Å²) in [7, 11) is 1.54. The van der Waals surface area contributed by atoms with Crippen molar-refractivity contribution in [2.75, 3.05) is 25.6 Å². The Labute approximate surface area is 182 Å². The molecule has 0 atom stereocenters. The Hall–Kier alpha value is -2.99. The van der Waals surface area contributed by atoms with Crippen molar-refractivity contribution in [1.29, 1.82) is 0 Å². The topological polar surface area (TPSA) is 76.7 Å². The van der Waals surface area contributed by atoms with E-state index in [0.717, 1.165) is 0 Å². The maximum absolute atomic E-state index is 12.3. The summed E-state index contributed by atoms with van der Waals surface area (Å²) in [5.74, 6) is 0.805. The monoisotopic (exact) mass is 430 g/mol. The van der Waals surface area contributed by atoms with E-state index in [1.165, 1.54) is 13.2 Å². The first-order valence-corrected chi connectivity index (χ1v) is 10.1. The first-order valence-electron chi connectivity index (χ1n) is 9.71. The molecule has 2 aromatic carbocycles. The standard InChI is InChI=1S/C23H27ClN2O4/c1-5-25-23(28)17-7-6-8-18(13-17)26-21(27)10-9-16-11-19(24)22(20(12-16)29-4)30-14-15(2)3/h6-13,15H,5,14H2,1-4H3,(H,25,28)(H,26,27)/b10-9+. The Morgan fingerprint density at radius 2 is 1.97 bits per heavy atom. The largest absolute Gasteiger partial charge is 0.493 e. The van der Waals surface area contributed by atoms with E-state index in [4.69, 9.17) is 21.1 Å². The highest BCUT2D eigenvalue weighted by atomic mass is 35.5. The molecule has 30 heavy (non-hydrogen) atoms. The van der Waals surface area contributed by atoms with Crippen LogP contribution in [0.4, 0.5) is 5.69 Å². The smallest absolute Gasteiger partial charge is 0.251 e. The maximum atomic E-state index is 12.3. The summed E-state index contributed by atoms with van der Waals surface area (Å²) in [6.07, 6.45) is 3.02. The highest BCUT2D eigenvalue weighted by Crippen LogP contribution is 2.37. The predicted molar refractivity (Wildman–Crippen MR) is 120 cm³/mol. The van der Waals surface area contributed by atoms with Crippen molar-refractivity contribution in [3.63, 3.8) is 0 Å². The molecule has 2 rings (SSSR count). The summed E-state index contributed by atoms with van der Waals surface area (Å²) >= 11 is 6.34. The molecule has 0 saturated carbocycles. The number of carbonyl (C=O) groups excluding carboxylic acids is 2. The Bertz CT molecular complexity index is 925. The van der Waals surface area contributed by atoms with Crippen LogP contribution in [0.3, 0.4) is 0 Å². The average Bonchev–Trinajstić information content (AvgIpc) is 2.71. The van der Waals surface area contributed by atoms with Gasteiger partial charge in [-0.05, 0) is 54.8 Å². The lowest BCUT2D eigenvalue weighted by Crippen LogP contribution is -2.22. The zero-order chi connectivity index (χ0) is 22.1. The van der Waals surface area contributed by atoms with Crippen LogP contribution in [-0.2, 0) is 4.79 Å². The third kappa shape index (κ3) is 6.81. The van der Waals surface area contributed by atoms with E-state index < -0.39 is 0 Å². The van der Waals surface area contributed by atoms with Crippen molar-refractivity contribution in [3.8, 4) is 11.5 Å². The number of benzene rings is 2. The van der Waals surface area contributed by atoms with Crippen LogP contribution in [-0.4, -0.2) is 32.1 Å². The number of rotatable bonds is 9. The molecule has 160 valence electrons. The van der Waals surface area contributed by atoms with Gasteiger partial charge in [-0.1, -0.05) is 31.5 Å². The molecule has 0 spiro atoms. The minimum Gasteiger partial charge on any atom is -0.493 e. The zero-order valence-electron chi connectivity index (χ0n) is 17.6. The first-order chi connectivity index (χ1) is 14.3. The van der Waals surface area contributed by atoms with Crippen LogP contribution in [0.25, 0.3) is 6.08 Å². The van der Waals surface area contributed by atoms with Gasteiger partial charge in [0.05, 0.1) is 18.7 Å². The summed E-state index contributed by atoms with van der Waals surface area (Å²) in [5, 5.41) is 5.87. The van der Waals surface area contributed by atoms with Gasteiger partial charge in [0.2, 0.25) is 5.91 Å². The summed E-state index contributed by atoms with van der Waals surface area (Å²) in [4.78, 5) is 24.2. The molecule has 0 heterocycles. The maximum Gasteiger partial charge on any atom is 0.251 e. The normalized spacial score (nSPS) is 10.9. The first kappa shape index (κ1) is 23.3. The van der Waals surface area contributed by atoms with Crippen molar-refractivity contribution >= 4 is 35.2 Å². The average molecular weight is 431 g/mol. The lowest BCUT2D eigenvalue weighted by Gasteiger charge is -2.14. The molecule has 0 unspecified atom stereocenters. The molecule has 7 heteroatoms. The summed E-state index contributed by atoms with van der Waals surface area (Å²) in [5.41, 5.74) is 1.70. The quantitative estimate of drug-likeness (QED) is 0.561. The molecule has 0 bridgehead atoms. The second-order valence-corrected chi connectivity index (χ2v) is 7.41. The van der Waals surface area contributed by atoms with E-state index in [9.17, 15) is 9.59 Å². The number of carbonyl (C=O) groups is 2. The second-order valence-electron chi connectivity index (χ2n) is 7.00. The number of halogens is 1. The summed E-state index contributed by atoms with van der Waals surface area (Å²) < 4.78 is 11.1. The van der Waals surface area contributed by atoms with E-state index in [0.29, 0.717) is 52.4 Å². The van der Waals surface area contributed by atoms with Gasteiger partial charge in [0.1, 0.15) is 0 Å². The van der Waals surface area contributed by atoms with Gasteiger partial charge in [0.15, 0.2) is 11.5 Å². The van der Waals surface area contributed by atoms with Crippen molar-refractivity contribution < 1.29 is 19.1 Å². The minimum atomic E-state index is -0.335. The van der Waals surface area contributed by atoms with Crippen LogP contribution in [0.5, 0.6) is 11.5 Å². The lowest BCUT2D eigenvalue weighted by molar-refractivity contribution is -0.111. The number of ether oxygens (including phenoxy) is 2. The molecule has 0 fully saturated rings. The van der Waals surface area contributed by atoms with Gasteiger partial charge in [0.25, 0.3) is 5.91 Å². The molecular formula is C23H27ClN2O4. The van der Waals surface area contributed by atoms with E-state index in [2.05, 4.69) is 10.6 Å². The van der Waals surface area contributed by atoms with Gasteiger partial charge in [-0.15, -0.1) is 0 Å². The van der Waals surface area contributed by atoms with Gasteiger partial charge in [0, 0.05) is 23.9 Å². The van der Waals surface area contributed by atoms with Crippen molar-refractivity contribution in [2.45, 2.75) is 20.8 Å². The molecule has 0 aliphatic rings. The van der Waals surface area contributed by atoms with Crippen LogP contribution in [0.2, 0.25) is 5.02 Å². The van der Waals surface area contributed by atoms with Crippen molar-refractivity contribution in [1.82, 2.24) is 5.32 Å². The van der Waals surface area contributed by atoms with E-state index in [1.807, 2.05) is 20.8 Å². The van der Waals surface area contributed by atoms with Crippen LogP contribution >= 0.6 is 11.6 Å². The summed E-state index contributed by atoms with van der Waals surface area (Å²) in [6.45, 7) is 6.98. The third-order valence-electron chi connectivity index (χ3n) is 3.97. The fourth-order valence-electron chi connectivity index (χ4n) is 2.58. The molecule has 2 aromatic rings. The van der Waals surface area contributed by atoms with Crippen LogP contribution in [0, 0.1) is 5.92 Å². The lowest BCUT2D eigenvalue weighted by atomic mass is 10.1. The van der Waals surface area contributed by atoms with Crippen LogP contribution in [0.1, 0.15) is 36.7 Å². The Balaban J connectivity index is 2.10. The molecule has 0 aliphatic carbocycles. The zero-order valence-corrected chi connectivity index (χ0v) is 18.4. The third-order valence-corrected chi connectivity index (χ3v) is 4.25. The minimum absolute atomic E-state index is 0.189. The number of amides is 2. The summed E-state index contributed by atoms with van der Waals surface area (Å²) in [6, 6.07) is 10.2. The Morgan fingerprint density at radius 1 is 1.20 bits per heavy atom. The molecule has 0 aliphatic heterocycles. The predicted octanol–water partition coefficient (Wildman–Crippen LogP) is 4.79. The SMILES string of the molecule is CCNC(=O)c1cccc(NC(=O)/C=C/c2cc(Cl)c(OCC(C)C)c(OC)c2)c1. The highest BCUT2D eigenvalue weighted by Gasteiger charge is 2.12. The number of anilines is 1. The van der Waals surface area contributed by atoms with E-state index in [1.54, 1.807) is 42.5 Å². The molecule has 0 saturated heterocycles. The van der Waals surface area contributed by atoms with E-state index >= 15 is 0 Å². The molecule has 0 aromatic heterocycles. The van der Waals surface area contributed by atoms with Crippen LogP contribution < -0.4 is 20.1 Å². The number of nitrogens with one attached hydrogen (secondary N) is 2. The van der Waals surface area contributed by atoms with Crippen molar-refractivity contribution in [3.05, 3.63) is 58.6 Å². The number of methoxy groups -OCH3 is 1. The second kappa shape index (κ2) is 11.3. The molecule has 0 radical (unpaired) electrons. The fraction of sp³-hybridized carbons (Fsp3) is 0.304. The number of hydrogen-bond acceptors (Lipinski definition) is 4. The van der Waals surface area contributed by atoms with Gasteiger partial charge in [-0.2, -0.15) is 0 Å². The van der Waals surface area contributed by atoms with Gasteiger partial charge < -0.3 is 20.1 Å². The molecule has 6 nitrogen and oxygen atoms in total. The molecular weight excluding hydrogens is 404 g/mol.